The molecule has 0 aromatic carbocycles. The van der Waals surface area contributed by atoms with E-state index in [0.717, 1.165) is 25.7 Å². The molecule has 4 N–H and O–H groups in total. The average Bonchev–Trinajstić information content (AvgIpc) is 1.77. The molecule has 0 unspecified atom stereocenters. The van der Waals surface area contributed by atoms with Crippen LogP contribution in [0.25, 0.3) is 0 Å². The van der Waals surface area contributed by atoms with Gasteiger partial charge in [0.2, 0.25) is 0 Å². The fourth-order valence-corrected chi connectivity index (χ4v) is 1.14. The summed E-state index contributed by atoms with van der Waals surface area (Å²) in [6.07, 6.45) is 4.50. The van der Waals surface area contributed by atoms with Crippen LogP contribution in [0.2, 0.25) is 0 Å². The van der Waals surface area contributed by atoms with Gasteiger partial charge in [-0.1, -0.05) is 0 Å². The quantitative estimate of drug-likeness (QED) is 0.410. The van der Waals surface area contributed by atoms with Crippen LogP contribution in [-0.2, 0) is 0 Å². The molecular weight excluding hydrogens is 114 g/mol. The number of hydrogen-bond acceptors (Lipinski definition) is 2. The second-order valence-electron chi connectivity index (χ2n) is 2.67. The number of nitrogens with two attached hydrogens (primary N) is 2. The molecule has 1 aliphatic carbocycles. The van der Waals surface area contributed by atoms with Crippen LogP contribution in [0.15, 0.2) is 0 Å². The summed E-state index contributed by atoms with van der Waals surface area (Å²) in [5.74, 6) is 0. The van der Waals surface area contributed by atoms with E-state index >= 15 is 0 Å². The molecule has 0 heterocycles. The van der Waals surface area contributed by atoms with Crippen LogP contribution in [0, 0.1) is 0 Å². The Hall–Kier alpha value is 1.11. The first-order chi connectivity index (χ1) is 3.79. The molecule has 1 saturated carbocycles. The normalized spacial score (nSPS) is 31.8. The van der Waals surface area contributed by atoms with Gasteiger partial charge in [0.1, 0.15) is 0 Å². The topological polar surface area (TPSA) is 52.0 Å². The molecule has 0 aromatic heterocycles. The van der Waals surface area contributed by atoms with Crippen molar-refractivity contribution in [3.63, 3.8) is 0 Å². The van der Waals surface area contributed by atoms with Crippen LogP contribution in [0.4, 0.5) is 0 Å². The van der Waals surface area contributed by atoms with Gasteiger partial charge in [0.25, 0.3) is 0 Å². The van der Waals surface area contributed by atoms with Gasteiger partial charge in [0.05, 0.1) is 0 Å². The summed E-state index contributed by atoms with van der Waals surface area (Å²) < 4.78 is 0. The zero-order valence-corrected chi connectivity index (χ0v) is 5.14. The van der Waals surface area contributed by atoms with E-state index < -0.39 is 0 Å². The fraction of sp³-hybridized carbons (Fsp3) is 1.00. The van der Waals surface area contributed by atoms with Crippen molar-refractivity contribution in [2.75, 3.05) is 0 Å². The molecule has 10 heavy (non-hydrogen) atoms. The van der Waals surface area contributed by atoms with E-state index in [2.05, 4.69) is 0 Å². The molecular formula is C6H16Li2N2. The van der Waals surface area contributed by atoms with Crippen molar-refractivity contribution in [2.24, 2.45) is 11.5 Å². The molecule has 0 bridgehead atoms. The maximum absolute atomic E-state index is 5.64. The zero-order chi connectivity index (χ0) is 5.98. The predicted molar refractivity (Wildman–Crippen MR) is 48.7 cm³/mol. The van der Waals surface area contributed by atoms with Crippen molar-refractivity contribution in [1.29, 1.82) is 0 Å². The van der Waals surface area contributed by atoms with E-state index in [0.29, 0.717) is 12.1 Å². The standard InChI is InChI=1S/C6H14N2.2Li.2H/c7-5-1-2-6(8)4-3-5;;;;/h5-6H,1-4,7-8H2;;;;/t5-,6-;;;;. The van der Waals surface area contributed by atoms with E-state index in [1.54, 1.807) is 0 Å². The Morgan fingerprint density at radius 2 is 0.900 bits per heavy atom. The maximum atomic E-state index is 5.64. The minimum absolute atomic E-state index is 0. The van der Waals surface area contributed by atoms with Crippen molar-refractivity contribution in [2.45, 2.75) is 37.8 Å². The van der Waals surface area contributed by atoms with E-state index in [9.17, 15) is 0 Å². The average molecular weight is 130 g/mol. The van der Waals surface area contributed by atoms with E-state index in [4.69, 9.17) is 11.5 Å². The first kappa shape index (κ1) is 13.7. The first-order valence-electron chi connectivity index (χ1n) is 3.30. The minimum atomic E-state index is 0. The summed E-state index contributed by atoms with van der Waals surface area (Å²) in [6, 6.07) is 0.879. The van der Waals surface area contributed by atoms with E-state index in [1.807, 2.05) is 0 Å². The molecule has 0 amide bonds. The van der Waals surface area contributed by atoms with Crippen LogP contribution in [0.5, 0.6) is 0 Å². The van der Waals surface area contributed by atoms with Gasteiger partial charge in [-0.05, 0) is 25.7 Å². The van der Waals surface area contributed by atoms with E-state index in [1.165, 1.54) is 0 Å². The number of rotatable bonds is 0. The van der Waals surface area contributed by atoms with Crippen molar-refractivity contribution >= 4 is 37.7 Å². The molecule has 0 aliphatic heterocycles. The van der Waals surface area contributed by atoms with E-state index in [-0.39, 0.29) is 37.7 Å². The van der Waals surface area contributed by atoms with Gasteiger partial charge in [-0.2, -0.15) is 0 Å². The second-order valence-corrected chi connectivity index (χ2v) is 2.67. The molecule has 0 saturated heterocycles. The summed E-state index contributed by atoms with van der Waals surface area (Å²) in [5.41, 5.74) is 11.3. The van der Waals surface area contributed by atoms with Gasteiger partial charge in [-0.25, -0.2) is 0 Å². The third-order valence-electron chi connectivity index (χ3n) is 1.82. The van der Waals surface area contributed by atoms with Crippen molar-refractivity contribution in [3.8, 4) is 0 Å². The second kappa shape index (κ2) is 6.80. The van der Waals surface area contributed by atoms with Crippen LogP contribution >= 0.6 is 0 Å². The van der Waals surface area contributed by atoms with Gasteiger partial charge in [-0.15, -0.1) is 0 Å². The Morgan fingerprint density at radius 1 is 0.700 bits per heavy atom. The van der Waals surface area contributed by atoms with Gasteiger partial charge in [0.15, 0.2) is 0 Å². The Morgan fingerprint density at radius 3 is 1.10 bits per heavy atom. The SMILES string of the molecule is N[C@H]1CC[C@H](N)CC1.[LiH].[LiH]. The molecule has 0 atom stereocenters. The molecule has 1 fully saturated rings. The summed E-state index contributed by atoms with van der Waals surface area (Å²) in [6.45, 7) is 0. The van der Waals surface area contributed by atoms with Crippen LogP contribution in [0.3, 0.4) is 0 Å². The Balaban J connectivity index is 0. The van der Waals surface area contributed by atoms with Crippen LogP contribution in [-0.4, -0.2) is 49.8 Å². The molecule has 1 aliphatic rings. The molecule has 0 radical (unpaired) electrons. The monoisotopic (exact) mass is 130 g/mol. The van der Waals surface area contributed by atoms with Crippen LogP contribution < -0.4 is 11.5 Å². The molecule has 1 rings (SSSR count). The molecule has 0 aromatic rings. The third-order valence-corrected chi connectivity index (χ3v) is 1.82. The van der Waals surface area contributed by atoms with Crippen LogP contribution in [0.1, 0.15) is 25.7 Å². The summed E-state index contributed by atoms with van der Waals surface area (Å²) in [4.78, 5) is 0. The molecule has 52 valence electrons. The predicted octanol–water partition coefficient (Wildman–Crippen LogP) is -1.08. The zero-order valence-electron chi connectivity index (χ0n) is 5.14. The van der Waals surface area contributed by atoms with Gasteiger partial charge < -0.3 is 11.5 Å². The fourth-order valence-electron chi connectivity index (χ4n) is 1.14. The van der Waals surface area contributed by atoms with Gasteiger partial charge in [0, 0.05) is 12.1 Å². The molecule has 2 nitrogen and oxygen atoms in total. The Labute approximate surface area is 86.8 Å². The first-order valence-corrected chi connectivity index (χ1v) is 3.30. The Kier molecular flexibility index (Phi) is 9.31. The van der Waals surface area contributed by atoms with Gasteiger partial charge >= 0.3 is 37.7 Å². The number of hydrogen-bond donors (Lipinski definition) is 2. The Bertz CT molecular complexity index is 62.1. The summed E-state index contributed by atoms with van der Waals surface area (Å²) >= 11 is 0. The summed E-state index contributed by atoms with van der Waals surface area (Å²) in [5, 5.41) is 0. The molecule has 4 heteroatoms. The molecule has 0 spiro atoms. The van der Waals surface area contributed by atoms with Crippen molar-refractivity contribution in [1.82, 2.24) is 0 Å². The van der Waals surface area contributed by atoms with Gasteiger partial charge in [-0.3, -0.25) is 0 Å². The van der Waals surface area contributed by atoms with Crippen molar-refractivity contribution in [3.05, 3.63) is 0 Å². The summed E-state index contributed by atoms with van der Waals surface area (Å²) in [7, 11) is 0. The van der Waals surface area contributed by atoms with Crippen molar-refractivity contribution < 1.29 is 0 Å². The third kappa shape index (κ3) is 4.86.